The van der Waals surface area contributed by atoms with Gasteiger partial charge in [-0.1, -0.05) is 24.6 Å². The molecule has 0 bridgehead atoms. The molecule has 0 fully saturated rings. The third-order valence-corrected chi connectivity index (χ3v) is 3.46. The first-order valence-electron chi connectivity index (χ1n) is 6.47. The Morgan fingerprint density at radius 1 is 1.10 bits per heavy atom. The standard InChI is InChI=1S/C16H16ClF2N/c1-3-20-16(13-6-4-11(17)8-10(13)2)14-9-12(18)5-7-15(14)19/h4-9,16,20H,3H2,1-2H3. The Labute approximate surface area is 122 Å². The monoisotopic (exact) mass is 295 g/mol. The van der Waals surface area contributed by atoms with Crippen LogP contribution in [0, 0.1) is 18.6 Å². The molecule has 1 nitrogen and oxygen atoms in total. The van der Waals surface area contributed by atoms with Gasteiger partial charge in [-0.05, 0) is 54.9 Å². The zero-order valence-electron chi connectivity index (χ0n) is 11.4. The fourth-order valence-electron chi connectivity index (χ4n) is 2.29. The van der Waals surface area contributed by atoms with Gasteiger partial charge in [0.05, 0.1) is 6.04 Å². The van der Waals surface area contributed by atoms with Crippen LogP contribution < -0.4 is 5.32 Å². The number of nitrogens with one attached hydrogen (secondary N) is 1. The summed E-state index contributed by atoms with van der Waals surface area (Å²) in [6, 6.07) is 8.53. The first kappa shape index (κ1) is 14.9. The molecule has 0 saturated heterocycles. The molecule has 1 unspecified atom stereocenters. The van der Waals surface area contributed by atoms with Crippen molar-refractivity contribution in [3.05, 3.63) is 69.7 Å². The van der Waals surface area contributed by atoms with Gasteiger partial charge in [0.1, 0.15) is 11.6 Å². The van der Waals surface area contributed by atoms with E-state index in [1.54, 1.807) is 6.07 Å². The van der Waals surface area contributed by atoms with Gasteiger partial charge in [0, 0.05) is 10.6 Å². The van der Waals surface area contributed by atoms with E-state index in [4.69, 9.17) is 11.6 Å². The minimum absolute atomic E-state index is 0.303. The smallest absolute Gasteiger partial charge is 0.128 e. The zero-order valence-corrected chi connectivity index (χ0v) is 12.1. The lowest BCUT2D eigenvalue weighted by molar-refractivity contribution is 0.544. The number of hydrogen-bond donors (Lipinski definition) is 1. The van der Waals surface area contributed by atoms with E-state index in [2.05, 4.69) is 5.32 Å². The van der Waals surface area contributed by atoms with Gasteiger partial charge in [-0.25, -0.2) is 8.78 Å². The molecule has 1 N–H and O–H groups in total. The maximum absolute atomic E-state index is 14.0. The topological polar surface area (TPSA) is 12.0 Å². The summed E-state index contributed by atoms with van der Waals surface area (Å²) in [6.45, 7) is 4.47. The first-order chi connectivity index (χ1) is 9.52. The van der Waals surface area contributed by atoms with Crippen molar-refractivity contribution in [1.82, 2.24) is 5.32 Å². The summed E-state index contributed by atoms with van der Waals surface area (Å²) in [7, 11) is 0. The number of rotatable bonds is 4. The highest BCUT2D eigenvalue weighted by Crippen LogP contribution is 2.29. The Morgan fingerprint density at radius 3 is 2.50 bits per heavy atom. The molecule has 0 spiro atoms. The molecule has 0 amide bonds. The van der Waals surface area contributed by atoms with Crippen molar-refractivity contribution in [3.63, 3.8) is 0 Å². The molecule has 106 valence electrons. The van der Waals surface area contributed by atoms with Crippen molar-refractivity contribution in [1.29, 1.82) is 0 Å². The van der Waals surface area contributed by atoms with E-state index in [1.165, 1.54) is 6.07 Å². The van der Waals surface area contributed by atoms with Gasteiger partial charge in [-0.2, -0.15) is 0 Å². The Balaban J connectivity index is 2.53. The molecule has 2 aromatic rings. The number of hydrogen-bond acceptors (Lipinski definition) is 1. The number of benzene rings is 2. The lowest BCUT2D eigenvalue weighted by atomic mass is 9.94. The van der Waals surface area contributed by atoms with Crippen molar-refractivity contribution < 1.29 is 8.78 Å². The Hall–Kier alpha value is -1.45. The molecule has 0 aliphatic carbocycles. The third kappa shape index (κ3) is 3.17. The van der Waals surface area contributed by atoms with E-state index in [1.807, 2.05) is 26.0 Å². The summed E-state index contributed by atoms with van der Waals surface area (Å²) >= 11 is 5.95. The molecule has 0 aromatic heterocycles. The van der Waals surface area contributed by atoms with Crippen LogP contribution in [0.25, 0.3) is 0 Å². The van der Waals surface area contributed by atoms with E-state index in [9.17, 15) is 8.78 Å². The van der Waals surface area contributed by atoms with E-state index in [-0.39, 0.29) is 0 Å². The summed E-state index contributed by atoms with van der Waals surface area (Å²) in [5.74, 6) is -0.873. The lowest BCUT2D eigenvalue weighted by Crippen LogP contribution is -2.24. The van der Waals surface area contributed by atoms with Crippen LogP contribution in [0.4, 0.5) is 8.78 Å². The third-order valence-electron chi connectivity index (χ3n) is 3.22. The lowest BCUT2D eigenvalue weighted by Gasteiger charge is -2.21. The highest BCUT2D eigenvalue weighted by Gasteiger charge is 2.19. The maximum Gasteiger partial charge on any atom is 0.128 e. The highest BCUT2D eigenvalue weighted by atomic mass is 35.5. The molecule has 2 aromatic carbocycles. The molecule has 20 heavy (non-hydrogen) atoms. The molecule has 0 aliphatic heterocycles. The van der Waals surface area contributed by atoms with Crippen LogP contribution in [-0.2, 0) is 0 Å². The predicted molar refractivity (Wildman–Crippen MR) is 78.1 cm³/mol. The van der Waals surface area contributed by atoms with E-state index in [0.717, 1.165) is 23.3 Å². The second-order valence-electron chi connectivity index (χ2n) is 4.66. The fourth-order valence-corrected chi connectivity index (χ4v) is 2.52. The van der Waals surface area contributed by atoms with Crippen LogP contribution in [0.2, 0.25) is 5.02 Å². The molecular weight excluding hydrogens is 280 g/mol. The van der Waals surface area contributed by atoms with Crippen LogP contribution in [0.3, 0.4) is 0 Å². The van der Waals surface area contributed by atoms with Crippen LogP contribution in [0.5, 0.6) is 0 Å². The van der Waals surface area contributed by atoms with Gasteiger partial charge >= 0.3 is 0 Å². The largest absolute Gasteiger partial charge is 0.306 e. The van der Waals surface area contributed by atoms with Gasteiger partial charge in [0.25, 0.3) is 0 Å². The summed E-state index contributed by atoms with van der Waals surface area (Å²) in [5.41, 5.74) is 2.13. The normalized spacial score (nSPS) is 12.4. The Morgan fingerprint density at radius 2 is 1.85 bits per heavy atom. The molecular formula is C16H16ClF2N. The van der Waals surface area contributed by atoms with E-state index >= 15 is 0 Å². The summed E-state index contributed by atoms with van der Waals surface area (Å²) in [4.78, 5) is 0. The second-order valence-corrected chi connectivity index (χ2v) is 5.09. The number of halogens is 3. The quantitative estimate of drug-likeness (QED) is 0.867. The molecule has 1 atom stereocenters. The zero-order chi connectivity index (χ0) is 14.7. The van der Waals surface area contributed by atoms with Crippen molar-refractivity contribution in [2.24, 2.45) is 0 Å². The SMILES string of the molecule is CCNC(c1ccc(Cl)cc1C)c1cc(F)ccc1F. The van der Waals surface area contributed by atoms with Crippen LogP contribution >= 0.6 is 11.6 Å². The fraction of sp³-hybridized carbons (Fsp3) is 0.250. The predicted octanol–water partition coefficient (Wildman–Crippen LogP) is 4.63. The molecule has 0 saturated carbocycles. The van der Waals surface area contributed by atoms with Gasteiger partial charge in [0.15, 0.2) is 0 Å². The average Bonchev–Trinajstić information content (AvgIpc) is 2.40. The van der Waals surface area contributed by atoms with Crippen LogP contribution in [-0.4, -0.2) is 6.54 Å². The molecule has 2 rings (SSSR count). The Kier molecular flexibility index (Phi) is 4.73. The maximum atomic E-state index is 14.0. The van der Waals surface area contributed by atoms with Crippen molar-refractivity contribution >= 4 is 11.6 Å². The van der Waals surface area contributed by atoms with Crippen LogP contribution in [0.1, 0.15) is 29.7 Å². The van der Waals surface area contributed by atoms with Crippen molar-refractivity contribution in [2.45, 2.75) is 19.9 Å². The highest BCUT2D eigenvalue weighted by molar-refractivity contribution is 6.30. The van der Waals surface area contributed by atoms with Gasteiger partial charge in [-0.15, -0.1) is 0 Å². The number of aryl methyl sites for hydroxylation is 1. The van der Waals surface area contributed by atoms with E-state index < -0.39 is 17.7 Å². The summed E-state index contributed by atoms with van der Waals surface area (Å²) in [6.07, 6.45) is 0. The van der Waals surface area contributed by atoms with Crippen molar-refractivity contribution in [3.8, 4) is 0 Å². The first-order valence-corrected chi connectivity index (χ1v) is 6.85. The summed E-state index contributed by atoms with van der Waals surface area (Å²) < 4.78 is 27.4. The second kappa shape index (κ2) is 6.33. The van der Waals surface area contributed by atoms with E-state index in [0.29, 0.717) is 17.1 Å². The van der Waals surface area contributed by atoms with Crippen LogP contribution in [0.15, 0.2) is 36.4 Å². The molecule has 0 aliphatic rings. The average molecular weight is 296 g/mol. The van der Waals surface area contributed by atoms with Crippen molar-refractivity contribution in [2.75, 3.05) is 6.54 Å². The Bertz CT molecular complexity index is 613. The van der Waals surface area contributed by atoms with Gasteiger partial charge in [-0.3, -0.25) is 0 Å². The molecule has 4 heteroatoms. The molecule has 0 heterocycles. The van der Waals surface area contributed by atoms with Gasteiger partial charge < -0.3 is 5.32 Å². The minimum Gasteiger partial charge on any atom is -0.306 e. The summed E-state index contributed by atoms with van der Waals surface area (Å²) in [5, 5.41) is 3.82. The van der Waals surface area contributed by atoms with Gasteiger partial charge in [0.2, 0.25) is 0 Å². The molecule has 0 radical (unpaired) electrons. The minimum atomic E-state index is -0.448.